The molecule has 4 N–H and O–H groups in total. The summed E-state index contributed by atoms with van der Waals surface area (Å²) < 4.78 is 0. The number of carbonyl (C=O) groups excluding carboxylic acids is 1. The lowest BCUT2D eigenvalue weighted by atomic mass is 10.0. The molecule has 1 aromatic rings. The van der Waals surface area contributed by atoms with Crippen LogP contribution in [0.1, 0.15) is 19.8 Å². The van der Waals surface area contributed by atoms with Crippen LogP contribution in [0.2, 0.25) is 0 Å². The molecule has 2 rings (SSSR count). The Labute approximate surface area is 114 Å². The van der Waals surface area contributed by atoms with Crippen molar-refractivity contribution in [3.63, 3.8) is 0 Å². The minimum atomic E-state index is -0.534. The van der Waals surface area contributed by atoms with E-state index in [1.54, 1.807) is 0 Å². The van der Waals surface area contributed by atoms with Crippen molar-refractivity contribution in [1.29, 1.82) is 0 Å². The zero-order valence-corrected chi connectivity index (χ0v) is 11.4. The van der Waals surface area contributed by atoms with Crippen molar-refractivity contribution in [2.24, 2.45) is 5.73 Å². The maximum atomic E-state index is 10.8. The van der Waals surface area contributed by atoms with Gasteiger partial charge in [0.15, 0.2) is 0 Å². The van der Waals surface area contributed by atoms with E-state index in [1.165, 1.54) is 0 Å². The van der Waals surface area contributed by atoms with Crippen LogP contribution in [0.3, 0.4) is 0 Å². The van der Waals surface area contributed by atoms with Gasteiger partial charge in [0.05, 0.1) is 0 Å². The van der Waals surface area contributed by atoms with E-state index in [9.17, 15) is 4.79 Å². The average Bonchev–Trinajstić information content (AvgIpc) is 2.39. The highest BCUT2D eigenvalue weighted by Gasteiger charge is 2.17. The molecule has 1 heterocycles. The molecular weight excluding hydrogens is 240 g/mol. The van der Waals surface area contributed by atoms with E-state index in [2.05, 4.69) is 22.5 Å². The normalized spacial score (nSPS) is 17.1. The highest BCUT2D eigenvalue weighted by atomic mass is 16.2. The summed E-state index contributed by atoms with van der Waals surface area (Å²) in [6.45, 7) is 5.62. The van der Waals surface area contributed by atoms with Gasteiger partial charge in [-0.15, -0.1) is 0 Å². The molecule has 1 fully saturated rings. The largest absolute Gasteiger partial charge is 0.382 e. The number of nitrogens with one attached hydrogen (secondary N) is 2. The fraction of sp³-hybridized carbons (Fsp3) is 0.500. The molecule has 1 aliphatic rings. The van der Waals surface area contributed by atoms with Gasteiger partial charge in [0.1, 0.15) is 0 Å². The Morgan fingerprint density at radius 3 is 2.68 bits per heavy atom. The van der Waals surface area contributed by atoms with Crippen LogP contribution in [0.5, 0.6) is 0 Å². The number of anilines is 2. The lowest BCUT2D eigenvalue weighted by Gasteiger charge is -2.32. The maximum Gasteiger partial charge on any atom is 0.316 e. The summed E-state index contributed by atoms with van der Waals surface area (Å²) in [5.41, 5.74) is 6.87. The van der Waals surface area contributed by atoms with E-state index in [0.29, 0.717) is 6.04 Å². The summed E-state index contributed by atoms with van der Waals surface area (Å²) >= 11 is 0. The standard InChI is InChI=1S/C14H22N4O/c1-2-18-8-6-11(7-9-18)16-12-4-3-5-13(10-12)17-14(15)19/h3-5,10-11,16H,2,6-9H2,1H3,(H3,15,17,19). The number of hydrogen-bond acceptors (Lipinski definition) is 3. The highest BCUT2D eigenvalue weighted by Crippen LogP contribution is 2.19. The third kappa shape index (κ3) is 4.13. The molecule has 104 valence electrons. The smallest absolute Gasteiger partial charge is 0.316 e. The summed E-state index contributed by atoms with van der Waals surface area (Å²) in [4.78, 5) is 13.3. The number of carbonyl (C=O) groups is 1. The molecule has 0 aromatic heterocycles. The van der Waals surface area contributed by atoms with Crippen molar-refractivity contribution in [3.8, 4) is 0 Å². The first-order chi connectivity index (χ1) is 9.17. The number of likely N-dealkylation sites (tertiary alicyclic amines) is 1. The number of nitrogens with zero attached hydrogens (tertiary/aromatic N) is 1. The fourth-order valence-corrected chi connectivity index (χ4v) is 2.46. The Hall–Kier alpha value is -1.75. The first-order valence-electron chi connectivity index (χ1n) is 6.83. The summed E-state index contributed by atoms with van der Waals surface area (Å²) in [6, 6.07) is 7.64. The van der Waals surface area contributed by atoms with Gasteiger partial charge in [-0.25, -0.2) is 4.79 Å². The Bertz CT molecular complexity index is 427. The molecule has 19 heavy (non-hydrogen) atoms. The number of hydrogen-bond donors (Lipinski definition) is 3. The number of primary amides is 1. The van der Waals surface area contributed by atoms with E-state index in [1.807, 2.05) is 24.3 Å². The van der Waals surface area contributed by atoms with Crippen molar-refractivity contribution in [2.75, 3.05) is 30.3 Å². The fourth-order valence-electron chi connectivity index (χ4n) is 2.46. The third-order valence-electron chi connectivity index (χ3n) is 3.54. The van der Waals surface area contributed by atoms with Crippen molar-refractivity contribution in [3.05, 3.63) is 24.3 Å². The SMILES string of the molecule is CCN1CCC(Nc2cccc(NC(N)=O)c2)CC1. The van der Waals surface area contributed by atoms with E-state index >= 15 is 0 Å². The zero-order valence-electron chi connectivity index (χ0n) is 11.4. The van der Waals surface area contributed by atoms with Crippen LogP contribution in [0, 0.1) is 0 Å². The molecule has 0 bridgehead atoms. The Balaban J connectivity index is 1.90. The van der Waals surface area contributed by atoms with E-state index in [4.69, 9.17) is 5.73 Å². The van der Waals surface area contributed by atoms with Crippen molar-refractivity contribution < 1.29 is 4.79 Å². The number of rotatable bonds is 4. The van der Waals surface area contributed by atoms with E-state index < -0.39 is 6.03 Å². The van der Waals surface area contributed by atoms with Gasteiger partial charge in [0.25, 0.3) is 0 Å². The second-order valence-corrected chi connectivity index (χ2v) is 4.92. The number of urea groups is 1. The molecule has 0 atom stereocenters. The van der Waals surface area contributed by atoms with Gasteiger partial charge in [-0.05, 0) is 37.6 Å². The van der Waals surface area contributed by atoms with Crippen LogP contribution in [-0.2, 0) is 0 Å². The zero-order chi connectivity index (χ0) is 13.7. The summed E-state index contributed by atoms with van der Waals surface area (Å²) in [5, 5.41) is 6.11. The lowest BCUT2D eigenvalue weighted by molar-refractivity contribution is 0.229. The number of amides is 2. The van der Waals surface area contributed by atoms with Crippen LogP contribution in [0.4, 0.5) is 16.2 Å². The molecule has 1 saturated heterocycles. The molecule has 5 heteroatoms. The molecule has 0 saturated carbocycles. The van der Waals surface area contributed by atoms with Crippen molar-refractivity contribution in [1.82, 2.24) is 4.90 Å². The Morgan fingerprint density at radius 2 is 2.05 bits per heavy atom. The molecule has 1 aliphatic heterocycles. The topological polar surface area (TPSA) is 70.4 Å². The van der Waals surface area contributed by atoms with Gasteiger partial charge >= 0.3 is 6.03 Å². The molecule has 5 nitrogen and oxygen atoms in total. The van der Waals surface area contributed by atoms with E-state index in [0.717, 1.165) is 43.9 Å². The predicted molar refractivity (Wildman–Crippen MR) is 78.4 cm³/mol. The molecular formula is C14H22N4O. The monoisotopic (exact) mass is 262 g/mol. The average molecular weight is 262 g/mol. The number of piperidine rings is 1. The van der Waals surface area contributed by atoms with Crippen LogP contribution in [0.25, 0.3) is 0 Å². The lowest BCUT2D eigenvalue weighted by Crippen LogP contribution is -2.38. The highest BCUT2D eigenvalue weighted by molar-refractivity contribution is 5.88. The summed E-state index contributed by atoms with van der Waals surface area (Å²) in [6.07, 6.45) is 2.31. The first kappa shape index (κ1) is 13.7. The van der Waals surface area contributed by atoms with Crippen LogP contribution in [-0.4, -0.2) is 36.6 Å². The van der Waals surface area contributed by atoms with Gasteiger partial charge in [0.2, 0.25) is 0 Å². The van der Waals surface area contributed by atoms with Crippen LogP contribution in [0.15, 0.2) is 24.3 Å². The van der Waals surface area contributed by atoms with Gasteiger partial charge < -0.3 is 21.3 Å². The summed E-state index contributed by atoms with van der Waals surface area (Å²) in [5.74, 6) is 0. The minimum Gasteiger partial charge on any atom is -0.382 e. The van der Waals surface area contributed by atoms with Gasteiger partial charge in [-0.1, -0.05) is 13.0 Å². The maximum absolute atomic E-state index is 10.8. The minimum absolute atomic E-state index is 0.506. The molecule has 0 radical (unpaired) electrons. The molecule has 2 amide bonds. The Morgan fingerprint density at radius 1 is 1.37 bits per heavy atom. The van der Waals surface area contributed by atoms with Gasteiger partial charge in [0, 0.05) is 30.5 Å². The molecule has 0 unspecified atom stereocenters. The molecule has 0 spiro atoms. The van der Waals surface area contributed by atoms with Gasteiger partial charge in [-0.2, -0.15) is 0 Å². The van der Waals surface area contributed by atoms with Crippen molar-refractivity contribution >= 4 is 17.4 Å². The van der Waals surface area contributed by atoms with Crippen molar-refractivity contribution in [2.45, 2.75) is 25.8 Å². The Kier molecular flexibility index (Phi) is 4.63. The first-order valence-corrected chi connectivity index (χ1v) is 6.83. The summed E-state index contributed by atoms with van der Waals surface area (Å²) in [7, 11) is 0. The second kappa shape index (κ2) is 6.43. The molecule has 0 aliphatic carbocycles. The number of benzene rings is 1. The number of nitrogens with two attached hydrogens (primary N) is 1. The third-order valence-corrected chi connectivity index (χ3v) is 3.54. The van der Waals surface area contributed by atoms with Gasteiger partial charge in [-0.3, -0.25) is 0 Å². The second-order valence-electron chi connectivity index (χ2n) is 4.92. The predicted octanol–water partition coefficient (Wildman–Crippen LogP) is 2.07. The molecule has 1 aromatic carbocycles. The quantitative estimate of drug-likeness (QED) is 0.778. The van der Waals surface area contributed by atoms with Crippen LogP contribution >= 0.6 is 0 Å². The van der Waals surface area contributed by atoms with E-state index in [-0.39, 0.29) is 0 Å². The van der Waals surface area contributed by atoms with Crippen LogP contribution < -0.4 is 16.4 Å².